The zero-order chi connectivity index (χ0) is 26.5. The third-order valence-corrected chi connectivity index (χ3v) is 6.51. The maximum Gasteiger partial charge on any atom is 0.410 e. The minimum Gasteiger partial charge on any atom is -0.454 e. The van der Waals surface area contributed by atoms with E-state index in [1.165, 1.54) is 0 Å². The fourth-order valence-electron chi connectivity index (χ4n) is 4.77. The lowest BCUT2D eigenvalue weighted by atomic mass is 10.0. The van der Waals surface area contributed by atoms with Gasteiger partial charge in [0.05, 0.1) is 11.6 Å². The number of hydrogen-bond donors (Lipinski definition) is 0. The summed E-state index contributed by atoms with van der Waals surface area (Å²) in [5.74, 6) is 2.17. The van der Waals surface area contributed by atoms with Crippen molar-refractivity contribution in [3.63, 3.8) is 0 Å². The van der Waals surface area contributed by atoms with Gasteiger partial charge in [0.1, 0.15) is 22.7 Å². The zero-order valence-electron chi connectivity index (χ0n) is 22.1. The molecule has 37 heavy (non-hydrogen) atoms. The van der Waals surface area contributed by atoms with Gasteiger partial charge in [0.2, 0.25) is 0 Å². The Morgan fingerprint density at radius 2 is 1.76 bits per heavy atom. The molecule has 0 atom stereocenters. The monoisotopic (exact) mass is 500 g/mol. The molecule has 0 bridgehead atoms. The Balaban J connectivity index is 1.57. The molecule has 1 fully saturated rings. The topological polar surface area (TPSA) is 78.6 Å². The van der Waals surface area contributed by atoms with Crippen molar-refractivity contribution < 1.29 is 14.3 Å². The molecule has 0 radical (unpaired) electrons. The quantitative estimate of drug-likeness (QED) is 0.364. The molecule has 1 saturated heterocycles. The summed E-state index contributed by atoms with van der Waals surface area (Å²) in [5.41, 5.74) is 3.49. The van der Waals surface area contributed by atoms with Crippen LogP contribution < -0.4 is 10.3 Å². The van der Waals surface area contributed by atoms with Crippen LogP contribution in [0.4, 0.5) is 4.79 Å². The largest absolute Gasteiger partial charge is 0.454 e. The lowest BCUT2D eigenvalue weighted by molar-refractivity contribution is 0.00128. The van der Waals surface area contributed by atoms with Crippen LogP contribution in [0.1, 0.15) is 38.2 Å². The van der Waals surface area contributed by atoms with Gasteiger partial charge in [-0.25, -0.2) is 9.78 Å². The number of aromatic nitrogens is 3. The van der Waals surface area contributed by atoms with Crippen LogP contribution in [0.15, 0.2) is 59.5 Å². The van der Waals surface area contributed by atoms with E-state index in [4.69, 9.17) is 14.5 Å². The van der Waals surface area contributed by atoms with Crippen molar-refractivity contribution in [2.24, 2.45) is 7.05 Å². The van der Waals surface area contributed by atoms with Crippen molar-refractivity contribution in [1.29, 1.82) is 0 Å². The van der Waals surface area contributed by atoms with Crippen LogP contribution in [0.2, 0.25) is 0 Å². The number of fused-ring (bicyclic) bond motifs is 1. The number of rotatable bonds is 4. The van der Waals surface area contributed by atoms with E-state index >= 15 is 0 Å². The molecular weight excluding hydrogens is 468 g/mol. The van der Waals surface area contributed by atoms with E-state index in [1.54, 1.807) is 16.5 Å². The normalized spacial score (nSPS) is 14.1. The van der Waals surface area contributed by atoms with Crippen LogP contribution >= 0.6 is 0 Å². The SMILES string of the molecule is Cc1cc(-c2ccc3c(nc(C)n3C3CN(C(=O)OC(C)(C)C)C3)c2Oc2ccccc2)cn(C)c1=O. The van der Waals surface area contributed by atoms with Gasteiger partial charge in [-0.1, -0.05) is 18.2 Å². The van der Waals surface area contributed by atoms with E-state index in [0.29, 0.717) is 30.2 Å². The Kier molecular flexibility index (Phi) is 6.06. The number of benzene rings is 2. The number of likely N-dealkylation sites (tertiary alicyclic amines) is 1. The van der Waals surface area contributed by atoms with Gasteiger partial charge in [-0.05, 0) is 65.0 Å². The first-order valence-corrected chi connectivity index (χ1v) is 12.4. The average Bonchev–Trinajstić information content (AvgIpc) is 3.12. The summed E-state index contributed by atoms with van der Waals surface area (Å²) < 4.78 is 15.7. The second-order valence-electron chi connectivity index (χ2n) is 10.6. The molecule has 0 unspecified atom stereocenters. The number of imidazole rings is 1. The number of carbonyl (C=O) groups excluding carboxylic acids is 1. The number of ether oxygens (including phenoxy) is 2. The number of hydrogen-bond acceptors (Lipinski definition) is 5. The highest BCUT2D eigenvalue weighted by Crippen LogP contribution is 2.41. The second-order valence-corrected chi connectivity index (χ2v) is 10.6. The number of pyridine rings is 1. The van der Waals surface area contributed by atoms with Crippen LogP contribution in [0.25, 0.3) is 22.2 Å². The van der Waals surface area contributed by atoms with E-state index in [1.807, 2.05) is 89.3 Å². The predicted octanol–water partition coefficient (Wildman–Crippen LogP) is 5.60. The maximum atomic E-state index is 12.5. The molecule has 192 valence electrons. The molecule has 8 heteroatoms. The maximum absolute atomic E-state index is 12.5. The molecule has 3 heterocycles. The Morgan fingerprint density at radius 1 is 1.05 bits per heavy atom. The van der Waals surface area contributed by atoms with Crippen LogP contribution in [0.3, 0.4) is 0 Å². The molecule has 5 rings (SSSR count). The van der Waals surface area contributed by atoms with Crippen molar-refractivity contribution in [2.75, 3.05) is 13.1 Å². The number of carbonyl (C=O) groups is 1. The smallest absolute Gasteiger partial charge is 0.410 e. The van der Waals surface area contributed by atoms with E-state index < -0.39 is 5.60 Å². The molecule has 0 N–H and O–H groups in total. The molecule has 1 aliphatic heterocycles. The molecule has 0 aliphatic carbocycles. The van der Waals surface area contributed by atoms with Gasteiger partial charge in [0.15, 0.2) is 5.75 Å². The molecule has 0 saturated carbocycles. The van der Waals surface area contributed by atoms with Crippen molar-refractivity contribution in [3.8, 4) is 22.6 Å². The molecule has 1 aliphatic rings. The number of para-hydroxylation sites is 1. The molecule has 0 spiro atoms. The summed E-state index contributed by atoms with van der Waals surface area (Å²) >= 11 is 0. The highest BCUT2D eigenvalue weighted by Gasteiger charge is 2.36. The Labute approximate surface area is 216 Å². The standard InChI is InChI=1S/C29H32N4O4/c1-18-14-20(15-31(6)27(18)34)23-12-13-24-25(26(23)36-22-10-8-7-9-11-22)30-19(2)33(24)21-16-32(17-21)28(35)37-29(3,4)5/h7-15,21H,16-17H2,1-6H3. The molecule has 2 aromatic carbocycles. The average molecular weight is 501 g/mol. The van der Waals surface area contributed by atoms with E-state index in [9.17, 15) is 9.59 Å². The first-order chi connectivity index (χ1) is 17.5. The highest BCUT2D eigenvalue weighted by atomic mass is 16.6. The van der Waals surface area contributed by atoms with Crippen LogP contribution in [-0.2, 0) is 11.8 Å². The minimum atomic E-state index is -0.529. The van der Waals surface area contributed by atoms with Crippen LogP contribution in [-0.4, -0.2) is 43.8 Å². The Morgan fingerprint density at radius 3 is 2.41 bits per heavy atom. The molecular formula is C29H32N4O4. The zero-order valence-corrected chi connectivity index (χ0v) is 22.1. The van der Waals surface area contributed by atoms with Crippen LogP contribution in [0.5, 0.6) is 11.5 Å². The first kappa shape index (κ1) is 24.6. The Bertz CT molecular complexity index is 1510. The lowest BCUT2D eigenvalue weighted by Gasteiger charge is -2.41. The summed E-state index contributed by atoms with van der Waals surface area (Å²) in [5, 5.41) is 0. The lowest BCUT2D eigenvalue weighted by Crippen LogP contribution is -2.52. The van der Waals surface area contributed by atoms with E-state index in [2.05, 4.69) is 4.57 Å². The molecule has 1 amide bonds. The van der Waals surface area contributed by atoms with Gasteiger partial charge in [0.25, 0.3) is 5.56 Å². The number of amides is 1. The van der Waals surface area contributed by atoms with Gasteiger partial charge in [-0.2, -0.15) is 0 Å². The van der Waals surface area contributed by atoms with E-state index in [0.717, 1.165) is 28.0 Å². The van der Waals surface area contributed by atoms with Gasteiger partial charge < -0.3 is 23.5 Å². The number of nitrogens with zero attached hydrogens (tertiary/aromatic N) is 4. The van der Waals surface area contributed by atoms with Crippen molar-refractivity contribution in [1.82, 2.24) is 19.0 Å². The van der Waals surface area contributed by atoms with E-state index in [-0.39, 0.29) is 17.7 Å². The Hall–Kier alpha value is -4.07. The third-order valence-electron chi connectivity index (χ3n) is 6.51. The number of aryl methyl sites for hydroxylation is 3. The summed E-state index contributed by atoms with van der Waals surface area (Å²) in [7, 11) is 1.75. The third kappa shape index (κ3) is 4.71. The van der Waals surface area contributed by atoms with Gasteiger partial charge in [-0.15, -0.1) is 0 Å². The molecule has 8 nitrogen and oxygen atoms in total. The van der Waals surface area contributed by atoms with Crippen molar-refractivity contribution in [3.05, 3.63) is 76.5 Å². The minimum absolute atomic E-state index is 0.0324. The summed E-state index contributed by atoms with van der Waals surface area (Å²) in [6, 6.07) is 15.6. The fourth-order valence-corrected chi connectivity index (χ4v) is 4.77. The van der Waals surface area contributed by atoms with Crippen LogP contribution in [0, 0.1) is 13.8 Å². The summed E-state index contributed by atoms with van der Waals surface area (Å²) in [4.78, 5) is 31.4. The van der Waals surface area contributed by atoms with Crippen molar-refractivity contribution >= 4 is 17.1 Å². The fraction of sp³-hybridized carbons (Fsp3) is 0.345. The van der Waals surface area contributed by atoms with Gasteiger partial charge in [-0.3, -0.25) is 4.79 Å². The first-order valence-electron chi connectivity index (χ1n) is 12.4. The predicted molar refractivity (Wildman–Crippen MR) is 143 cm³/mol. The van der Waals surface area contributed by atoms with Gasteiger partial charge >= 0.3 is 6.09 Å². The van der Waals surface area contributed by atoms with Crippen molar-refractivity contribution in [2.45, 2.75) is 46.3 Å². The second kappa shape index (κ2) is 9.10. The molecule has 4 aromatic rings. The molecule has 2 aromatic heterocycles. The summed E-state index contributed by atoms with van der Waals surface area (Å²) in [6.07, 6.45) is 1.52. The summed E-state index contributed by atoms with van der Waals surface area (Å²) in [6.45, 7) is 10.5. The van der Waals surface area contributed by atoms with Gasteiger partial charge in [0, 0.05) is 43.0 Å². The highest BCUT2D eigenvalue weighted by molar-refractivity contribution is 5.91.